The second-order valence-corrected chi connectivity index (χ2v) is 6.17. The Balaban J connectivity index is 1.98. The Hall–Kier alpha value is -1.69. The summed E-state index contributed by atoms with van der Waals surface area (Å²) in [4.78, 5) is 3.92. The van der Waals surface area contributed by atoms with Gasteiger partial charge in [0.1, 0.15) is 0 Å². The van der Waals surface area contributed by atoms with Gasteiger partial charge < -0.3 is 0 Å². The Morgan fingerprint density at radius 2 is 1.95 bits per heavy atom. The molecule has 0 radical (unpaired) electrons. The fourth-order valence-corrected chi connectivity index (χ4v) is 2.40. The highest BCUT2D eigenvalue weighted by Gasteiger charge is 2.04. The molecular formula is C14H13ClN2O2S. The second-order valence-electron chi connectivity index (χ2n) is 4.08. The minimum absolute atomic E-state index is 0.209. The van der Waals surface area contributed by atoms with E-state index in [1.165, 1.54) is 6.08 Å². The first-order valence-corrected chi connectivity index (χ1v) is 7.80. The van der Waals surface area contributed by atoms with Crippen molar-refractivity contribution >= 4 is 27.7 Å². The maximum absolute atomic E-state index is 11.8. The molecule has 0 atom stereocenters. The van der Waals surface area contributed by atoms with E-state index < -0.39 is 10.0 Å². The molecule has 2 rings (SSSR count). The quantitative estimate of drug-likeness (QED) is 0.924. The Bertz CT molecular complexity index is 683. The number of aromatic nitrogens is 1. The molecule has 1 aromatic carbocycles. The van der Waals surface area contributed by atoms with Gasteiger partial charge in [0.05, 0.1) is 0 Å². The predicted octanol–water partition coefficient (Wildman–Crippen LogP) is 2.83. The molecule has 2 aromatic rings. The summed E-state index contributed by atoms with van der Waals surface area (Å²) in [6, 6.07) is 10.5. The number of rotatable bonds is 5. The average Bonchev–Trinajstić information content (AvgIpc) is 2.46. The summed E-state index contributed by atoms with van der Waals surface area (Å²) in [5.74, 6) is 0. The van der Waals surface area contributed by atoms with Crippen molar-refractivity contribution < 1.29 is 8.42 Å². The van der Waals surface area contributed by atoms with Crippen LogP contribution in [-0.2, 0) is 16.6 Å². The summed E-state index contributed by atoms with van der Waals surface area (Å²) in [7, 11) is -3.48. The third-order valence-electron chi connectivity index (χ3n) is 2.51. The fraction of sp³-hybridized carbons (Fsp3) is 0.0714. The lowest BCUT2D eigenvalue weighted by molar-refractivity contribution is 0.590. The molecule has 0 aliphatic heterocycles. The maximum Gasteiger partial charge on any atom is 0.234 e. The third-order valence-corrected chi connectivity index (χ3v) is 3.80. The van der Waals surface area contributed by atoms with Crippen molar-refractivity contribution in [2.75, 3.05) is 0 Å². The van der Waals surface area contributed by atoms with Crippen molar-refractivity contribution in [3.63, 3.8) is 0 Å². The minimum atomic E-state index is -3.48. The van der Waals surface area contributed by atoms with Crippen LogP contribution in [0.4, 0.5) is 0 Å². The van der Waals surface area contributed by atoms with Crippen LogP contribution in [0, 0.1) is 0 Å². The van der Waals surface area contributed by atoms with Gasteiger partial charge in [0.25, 0.3) is 0 Å². The lowest BCUT2D eigenvalue weighted by Crippen LogP contribution is -2.20. The molecule has 0 saturated heterocycles. The molecule has 0 saturated carbocycles. The smallest absolute Gasteiger partial charge is 0.234 e. The van der Waals surface area contributed by atoms with Gasteiger partial charge in [-0.3, -0.25) is 4.98 Å². The highest BCUT2D eigenvalue weighted by Crippen LogP contribution is 2.11. The molecule has 0 fully saturated rings. The van der Waals surface area contributed by atoms with Crippen LogP contribution in [-0.4, -0.2) is 13.4 Å². The van der Waals surface area contributed by atoms with E-state index >= 15 is 0 Å². The van der Waals surface area contributed by atoms with Crippen molar-refractivity contribution in [3.05, 3.63) is 70.3 Å². The first kappa shape index (κ1) is 14.7. The molecule has 1 N–H and O–H groups in total. The van der Waals surface area contributed by atoms with E-state index in [2.05, 4.69) is 9.71 Å². The topological polar surface area (TPSA) is 59.1 Å². The fourth-order valence-electron chi connectivity index (χ4n) is 1.48. The number of pyridine rings is 1. The van der Waals surface area contributed by atoms with Crippen LogP contribution in [0.2, 0.25) is 5.02 Å². The molecule has 0 aliphatic carbocycles. The molecule has 4 nitrogen and oxygen atoms in total. The zero-order valence-electron chi connectivity index (χ0n) is 10.5. The van der Waals surface area contributed by atoms with E-state index in [1.54, 1.807) is 48.8 Å². The SMILES string of the molecule is O=S(=O)(/C=C/c1ccc(Cl)cc1)NCc1cccnc1. The Morgan fingerprint density at radius 1 is 1.20 bits per heavy atom. The molecule has 20 heavy (non-hydrogen) atoms. The lowest BCUT2D eigenvalue weighted by atomic mass is 10.2. The largest absolute Gasteiger partial charge is 0.264 e. The van der Waals surface area contributed by atoms with Crippen molar-refractivity contribution in [2.45, 2.75) is 6.54 Å². The summed E-state index contributed by atoms with van der Waals surface area (Å²) in [5, 5.41) is 1.74. The van der Waals surface area contributed by atoms with Gasteiger partial charge in [-0.2, -0.15) is 0 Å². The summed E-state index contributed by atoms with van der Waals surface area (Å²) < 4.78 is 26.1. The van der Waals surface area contributed by atoms with E-state index in [9.17, 15) is 8.42 Å². The van der Waals surface area contributed by atoms with Crippen molar-refractivity contribution in [3.8, 4) is 0 Å². The van der Waals surface area contributed by atoms with Crippen LogP contribution in [0.15, 0.2) is 54.2 Å². The van der Waals surface area contributed by atoms with Gasteiger partial charge in [0.2, 0.25) is 10.0 Å². The molecule has 0 bridgehead atoms. The van der Waals surface area contributed by atoms with Gasteiger partial charge in [-0.15, -0.1) is 0 Å². The molecule has 1 heterocycles. The first-order valence-electron chi connectivity index (χ1n) is 5.87. The van der Waals surface area contributed by atoms with Gasteiger partial charge in [-0.25, -0.2) is 13.1 Å². The molecule has 1 aromatic heterocycles. The van der Waals surface area contributed by atoms with Crippen LogP contribution in [0.3, 0.4) is 0 Å². The predicted molar refractivity (Wildman–Crippen MR) is 80.5 cm³/mol. The number of hydrogen-bond acceptors (Lipinski definition) is 3. The van der Waals surface area contributed by atoms with Crippen LogP contribution in [0.5, 0.6) is 0 Å². The molecule has 104 valence electrons. The minimum Gasteiger partial charge on any atom is -0.264 e. The van der Waals surface area contributed by atoms with Crippen LogP contribution >= 0.6 is 11.6 Å². The van der Waals surface area contributed by atoms with Gasteiger partial charge in [0.15, 0.2) is 0 Å². The second kappa shape index (κ2) is 6.65. The highest BCUT2D eigenvalue weighted by atomic mass is 35.5. The zero-order chi connectivity index (χ0) is 14.4. The Kier molecular flexibility index (Phi) is 4.89. The van der Waals surface area contributed by atoms with E-state index in [4.69, 9.17) is 11.6 Å². The van der Waals surface area contributed by atoms with Gasteiger partial charge >= 0.3 is 0 Å². The number of halogens is 1. The first-order chi connectivity index (χ1) is 9.55. The van der Waals surface area contributed by atoms with E-state index in [1.807, 2.05) is 0 Å². The zero-order valence-corrected chi connectivity index (χ0v) is 12.1. The molecular weight excluding hydrogens is 296 g/mol. The Labute approximate surface area is 123 Å². The van der Waals surface area contributed by atoms with Crippen LogP contribution in [0.25, 0.3) is 6.08 Å². The molecule has 0 amide bonds. The summed E-state index contributed by atoms with van der Waals surface area (Å²) in [6.07, 6.45) is 4.77. The molecule has 0 unspecified atom stereocenters. The number of sulfonamides is 1. The number of nitrogens with one attached hydrogen (secondary N) is 1. The molecule has 6 heteroatoms. The van der Waals surface area contributed by atoms with Crippen LogP contribution < -0.4 is 4.72 Å². The van der Waals surface area contributed by atoms with E-state index in [0.717, 1.165) is 16.5 Å². The highest BCUT2D eigenvalue weighted by molar-refractivity contribution is 7.92. The standard InChI is InChI=1S/C14H13ClN2O2S/c15-14-5-3-12(4-6-14)7-9-20(18,19)17-11-13-2-1-8-16-10-13/h1-10,17H,11H2/b9-7+. The number of nitrogens with zero attached hydrogens (tertiary/aromatic N) is 1. The number of hydrogen-bond donors (Lipinski definition) is 1. The lowest BCUT2D eigenvalue weighted by Gasteiger charge is -2.02. The molecule has 0 aliphatic rings. The van der Waals surface area contributed by atoms with Crippen molar-refractivity contribution in [2.24, 2.45) is 0 Å². The summed E-state index contributed by atoms with van der Waals surface area (Å²) in [6.45, 7) is 0.209. The van der Waals surface area contributed by atoms with Gasteiger partial charge in [0, 0.05) is 29.4 Å². The number of benzene rings is 1. The average molecular weight is 309 g/mol. The van der Waals surface area contributed by atoms with Crippen molar-refractivity contribution in [1.82, 2.24) is 9.71 Å². The summed E-state index contributed by atoms with van der Waals surface area (Å²) >= 11 is 5.76. The summed E-state index contributed by atoms with van der Waals surface area (Å²) in [5.41, 5.74) is 1.57. The van der Waals surface area contributed by atoms with Crippen LogP contribution in [0.1, 0.15) is 11.1 Å². The maximum atomic E-state index is 11.8. The monoisotopic (exact) mass is 308 g/mol. The van der Waals surface area contributed by atoms with E-state index in [0.29, 0.717) is 5.02 Å². The van der Waals surface area contributed by atoms with Gasteiger partial charge in [-0.05, 0) is 35.4 Å². The van der Waals surface area contributed by atoms with Crippen molar-refractivity contribution in [1.29, 1.82) is 0 Å². The van der Waals surface area contributed by atoms with E-state index in [-0.39, 0.29) is 6.54 Å². The molecule has 0 spiro atoms. The van der Waals surface area contributed by atoms with Gasteiger partial charge in [-0.1, -0.05) is 29.8 Å². The Morgan fingerprint density at radius 3 is 2.60 bits per heavy atom. The normalized spacial score (nSPS) is 11.8. The third kappa shape index (κ3) is 4.77.